The average molecular weight is 351 g/mol. The van der Waals surface area contributed by atoms with Gasteiger partial charge in [0.05, 0.1) is 6.04 Å². The number of hydrogen-bond donors (Lipinski definition) is 1. The van der Waals surface area contributed by atoms with E-state index < -0.39 is 0 Å². The number of thiophene rings is 2. The third kappa shape index (κ3) is 2.76. The molecule has 0 amide bonds. The largest absolute Gasteiger partial charge is 0.308 e. The van der Waals surface area contributed by atoms with Gasteiger partial charge in [0.25, 0.3) is 0 Å². The molecule has 0 aliphatic rings. The molecule has 17 heavy (non-hydrogen) atoms. The SMILES string of the molecule is CCc1ccsc1C(NC)c1cc(Br)c(Cl)s1. The number of aryl methyl sites for hydroxylation is 1. The first kappa shape index (κ1) is 13.6. The zero-order chi connectivity index (χ0) is 12.4. The molecule has 0 fully saturated rings. The number of hydrogen-bond acceptors (Lipinski definition) is 3. The summed E-state index contributed by atoms with van der Waals surface area (Å²) in [5.41, 5.74) is 1.41. The van der Waals surface area contributed by atoms with Crippen LogP contribution in [0.15, 0.2) is 22.0 Å². The van der Waals surface area contributed by atoms with Gasteiger partial charge in [-0.25, -0.2) is 0 Å². The highest BCUT2D eigenvalue weighted by atomic mass is 79.9. The van der Waals surface area contributed by atoms with E-state index in [2.05, 4.69) is 45.7 Å². The first-order valence-corrected chi connectivity index (χ1v) is 8.22. The summed E-state index contributed by atoms with van der Waals surface area (Å²) in [7, 11) is 1.99. The molecule has 0 aliphatic heterocycles. The van der Waals surface area contributed by atoms with Crippen molar-refractivity contribution in [1.82, 2.24) is 5.32 Å². The summed E-state index contributed by atoms with van der Waals surface area (Å²) in [5.74, 6) is 0. The van der Waals surface area contributed by atoms with Crippen LogP contribution < -0.4 is 5.32 Å². The maximum Gasteiger partial charge on any atom is 0.107 e. The van der Waals surface area contributed by atoms with E-state index in [1.807, 2.05) is 7.05 Å². The van der Waals surface area contributed by atoms with Gasteiger partial charge in [0.1, 0.15) is 4.34 Å². The normalized spacial score (nSPS) is 12.9. The fourth-order valence-corrected chi connectivity index (χ4v) is 4.86. The van der Waals surface area contributed by atoms with Gasteiger partial charge >= 0.3 is 0 Å². The van der Waals surface area contributed by atoms with Crippen molar-refractivity contribution in [2.24, 2.45) is 0 Å². The van der Waals surface area contributed by atoms with Crippen molar-refractivity contribution < 1.29 is 0 Å². The Labute approximate surface area is 123 Å². The second-order valence-corrected chi connectivity index (χ2v) is 7.14. The Balaban J connectivity index is 2.40. The molecule has 2 aromatic heterocycles. The molecule has 1 unspecified atom stereocenters. The van der Waals surface area contributed by atoms with E-state index in [9.17, 15) is 0 Å². The van der Waals surface area contributed by atoms with Crippen LogP contribution in [0.3, 0.4) is 0 Å². The summed E-state index contributed by atoms with van der Waals surface area (Å²) >= 11 is 13.0. The molecule has 0 saturated heterocycles. The molecule has 92 valence electrons. The summed E-state index contributed by atoms with van der Waals surface area (Å²) in [5, 5.41) is 5.53. The van der Waals surface area contributed by atoms with Crippen LogP contribution in [0.1, 0.15) is 28.3 Å². The maximum atomic E-state index is 6.11. The molecule has 5 heteroatoms. The minimum absolute atomic E-state index is 0.249. The highest BCUT2D eigenvalue weighted by Gasteiger charge is 2.19. The van der Waals surface area contributed by atoms with Crippen LogP contribution in [0.2, 0.25) is 4.34 Å². The minimum atomic E-state index is 0.249. The van der Waals surface area contributed by atoms with Crippen molar-refractivity contribution in [2.75, 3.05) is 7.05 Å². The van der Waals surface area contributed by atoms with Crippen LogP contribution in [0.4, 0.5) is 0 Å². The Bertz CT molecular complexity index is 487. The van der Waals surface area contributed by atoms with Crippen LogP contribution in [-0.4, -0.2) is 7.05 Å². The molecule has 1 N–H and O–H groups in total. The smallest absolute Gasteiger partial charge is 0.107 e. The first-order chi connectivity index (χ1) is 8.17. The number of rotatable bonds is 4. The molecule has 2 aromatic rings. The van der Waals surface area contributed by atoms with Crippen molar-refractivity contribution in [2.45, 2.75) is 19.4 Å². The maximum absolute atomic E-state index is 6.11. The second-order valence-electron chi connectivity index (χ2n) is 3.66. The van der Waals surface area contributed by atoms with E-state index in [1.165, 1.54) is 15.3 Å². The quantitative estimate of drug-likeness (QED) is 0.809. The van der Waals surface area contributed by atoms with E-state index in [0.717, 1.165) is 15.2 Å². The van der Waals surface area contributed by atoms with E-state index >= 15 is 0 Å². The van der Waals surface area contributed by atoms with Crippen molar-refractivity contribution >= 4 is 50.2 Å². The second kappa shape index (κ2) is 5.85. The zero-order valence-corrected chi connectivity index (χ0v) is 13.6. The molecule has 2 rings (SSSR count). The molecule has 0 aliphatic carbocycles. The lowest BCUT2D eigenvalue weighted by atomic mass is 10.1. The first-order valence-electron chi connectivity index (χ1n) is 5.35. The van der Waals surface area contributed by atoms with Gasteiger partial charge in [-0.2, -0.15) is 0 Å². The predicted molar refractivity (Wildman–Crippen MR) is 81.6 cm³/mol. The monoisotopic (exact) mass is 349 g/mol. The van der Waals surface area contributed by atoms with Gasteiger partial charge in [-0.3, -0.25) is 0 Å². The van der Waals surface area contributed by atoms with Crippen molar-refractivity contribution in [3.63, 3.8) is 0 Å². The predicted octanol–water partition coefficient (Wildman–Crippen LogP) is 5.10. The summed E-state index contributed by atoms with van der Waals surface area (Å²) in [6.07, 6.45) is 1.07. The van der Waals surface area contributed by atoms with E-state index in [-0.39, 0.29) is 6.04 Å². The standard InChI is InChI=1S/C12H13BrClNS2/c1-3-7-4-5-16-11(7)10(15-2)9-6-8(13)12(14)17-9/h4-6,10,15H,3H2,1-2H3. The molecule has 0 spiro atoms. The Kier molecular flexibility index (Phi) is 4.66. The summed E-state index contributed by atoms with van der Waals surface area (Å²) in [6.45, 7) is 2.19. The Morgan fingerprint density at radius 2 is 2.29 bits per heavy atom. The number of halogens is 2. The lowest BCUT2D eigenvalue weighted by Crippen LogP contribution is -2.16. The van der Waals surface area contributed by atoms with Gasteiger partial charge < -0.3 is 5.32 Å². The lowest BCUT2D eigenvalue weighted by molar-refractivity contribution is 0.709. The third-order valence-electron chi connectivity index (χ3n) is 2.66. The summed E-state index contributed by atoms with van der Waals surface area (Å²) < 4.78 is 1.80. The topological polar surface area (TPSA) is 12.0 Å². The highest BCUT2D eigenvalue weighted by molar-refractivity contribution is 9.10. The summed E-state index contributed by atoms with van der Waals surface area (Å²) in [6, 6.07) is 4.56. The van der Waals surface area contributed by atoms with Crippen molar-refractivity contribution in [1.29, 1.82) is 0 Å². The molecule has 0 bridgehead atoms. The summed E-state index contributed by atoms with van der Waals surface area (Å²) in [4.78, 5) is 2.64. The average Bonchev–Trinajstić information content (AvgIpc) is 2.89. The lowest BCUT2D eigenvalue weighted by Gasteiger charge is -2.14. The van der Waals surface area contributed by atoms with Crippen molar-refractivity contribution in [3.05, 3.63) is 41.6 Å². The van der Waals surface area contributed by atoms with E-state index in [0.29, 0.717) is 0 Å². The van der Waals surface area contributed by atoms with Gasteiger partial charge in [0.2, 0.25) is 0 Å². The van der Waals surface area contributed by atoms with Crippen LogP contribution >= 0.6 is 50.2 Å². The van der Waals surface area contributed by atoms with Gasteiger partial charge in [-0.1, -0.05) is 18.5 Å². The minimum Gasteiger partial charge on any atom is -0.308 e. The Morgan fingerprint density at radius 1 is 1.53 bits per heavy atom. The van der Waals surface area contributed by atoms with Gasteiger partial charge in [0, 0.05) is 14.2 Å². The zero-order valence-electron chi connectivity index (χ0n) is 9.59. The molecule has 1 nitrogen and oxygen atoms in total. The fraction of sp³-hybridized carbons (Fsp3) is 0.333. The molecular formula is C12H13BrClNS2. The van der Waals surface area contributed by atoms with Crippen LogP contribution in [0.5, 0.6) is 0 Å². The van der Waals surface area contributed by atoms with Crippen molar-refractivity contribution in [3.8, 4) is 0 Å². The molecule has 0 aromatic carbocycles. The molecular weight excluding hydrogens is 338 g/mol. The van der Waals surface area contributed by atoms with Crippen LogP contribution in [0, 0.1) is 0 Å². The third-order valence-corrected chi connectivity index (χ3v) is 6.22. The number of nitrogens with one attached hydrogen (secondary N) is 1. The van der Waals surface area contributed by atoms with Gasteiger partial charge in [-0.05, 0) is 52.5 Å². The van der Waals surface area contributed by atoms with E-state index in [4.69, 9.17) is 11.6 Å². The van der Waals surface area contributed by atoms with E-state index in [1.54, 1.807) is 22.7 Å². The molecule has 2 heterocycles. The Morgan fingerprint density at radius 3 is 2.82 bits per heavy atom. The molecule has 0 radical (unpaired) electrons. The fourth-order valence-electron chi connectivity index (χ4n) is 1.80. The highest BCUT2D eigenvalue weighted by Crippen LogP contribution is 2.39. The molecule has 1 atom stereocenters. The Hall–Kier alpha value is 0.130. The van der Waals surface area contributed by atoms with Gasteiger partial charge in [-0.15, -0.1) is 22.7 Å². The molecule has 0 saturated carbocycles. The van der Waals surface area contributed by atoms with Gasteiger partial charge in [0.15, 0.2) is 0 Å². The van der Waals surface area contributed by atoms with Crippen LogP contribution in [-0.2, 0) is 6.42 Å². The van der Waals surface area contributed by atoms with Crippen LogP contribution in [0.25, 0.3) is 0 Å².